The van der Waals surface area contributed by atoms with Gasteiger partial charge in [0.1, 0.15) is 6.04 Å². The topological polar surface area (TPSA) is 36.9 Å². The molecule has 0 bridgehead atoms. The highest BCUT2D eigenvalue weighted by atomic mass is 32.1. The summed E-state index contributed by atoms with van der Waals surface area (Å²) in [5.41, 5.74) is 3.61. The van der Waals surface area contributed by atoms with Crippen LogP contribution in [-0.2, 0) is 11.2 Å². The van der Waals surface area contributed by atoms with Crippen LogP contribution in [0.15, 0.2) is 72.1 Å². The first kappa shape index (κ1) is 17.0. The number of rotatable bonds is 5. The fourth-order valence-electron chi connectivity index (χ4n) is 3.67. The van der Waals surface area contributed by atoms with Gasteiger partial charge in [0.05, 0.1) is 4.88 Å². The normalized spacial score (nSPS) is 14.7. The molecule has 1 atom stereocenters. The summed E-state index contributed by atoms with van der Waals surface area (Å²) >= 11 is 1.75. The summed E-state index contributed by atoms with van der Waals surface area (Å²) < 4.78 is 0. The molecule has 0 radical (unpaired) electrons. The molecule has 2 aromatic carbocycles. The molecule has 1 aromatic heterocycles. The minimum Gasteiger partial charge on any atom is -0.328 e. The molecule has 2 heterocycles. The molecule has 1 aliphatic heterocycles. The zero-order valence-corrected chi connectivity index (χ0v) is 15.5. The van der Waals surface area contributed by atoms with Gasteiger partial charge >= 0.3 is 0 Å². The van der Waals surface area contributed by atoms with Crippen LogP contribution in [0.4, 0.5) is 5.69 Å². The van der Waals surface area contributed by atoms with Crippen molar-refractivity contribution in [1.82, 2.24) is 0 Å². The van der Waals surface area contributed by atoms with E-state index in [4.69, 9.17) is 0 Å². The number of carbonyl (C=O) groups is 1. The quantitative estimate of drug-likeness (QED) is 0.741. The monoisotopic (exact) mass is 363 g/mol. The Kier molecular flexibility index (Phi) is 5.14. The molecule has 0 saturated carbocycles. The Hall–Kier alpha value is -2.43. The summed E-state index contributed by atoms with van der Waals surface area (Å²) in [4.78, 5) is 16.2. The van der Waals surface area contributed by atoms with Crippen LogP contribution in [0, 0.1) is 0 Å². The molecular formula is C22H23N2OS+. The Labute approximate surface area is 158 Å². The molecular weight excluding hydrogens is 340 g/mol. The molecule has 3 nitrogen and oxygen atoms in total. The number of amides is 1. The van der Waals surface area contributed by atoms with Gasteiger partial charge in [-0.15, -0.1) is 11.3 Å². The van der Waals surface area contributed by atoms with E-state index < -0.39 is 0 Å². The van der Waals surface area contributed by atoms with Crippen molar-refractivity contribution in [3.8, 4) is 0 Å². The smallest absolute Gasteiger partial charge is 0.282 e. The molecule has 2 N–H and O–H groups in total. The molecule has 26 heavy (non-hydrogen) atoms. The van der Waals surface area contributed by atoms with Crippen LogP contribution < -0.4 is 10.2 Å². The van der Waals surface area contributed by atoms with Crippen LogP contribution in [0.25, 0.3) is 0 Å². The molecule has 3 aromatic rings. The second-order valence-corrected chi connectivity index (χ2v) is 7.60. The van der Waals surface area contributed by atoms with E-state index in [1.165, 1.54) is 16.0 Å². The molecule has 132 valence electrons. The number of para-hydroxylation sites is 1. The number of fused-ring (bicyclic) bond motifs is 1. The molecule has 0 unspecified atom stereocenters. The Balaban J connectivity index is 1.51. The standard InChI is InChI=1S/C22H22N2OS/c25-21(24-14-6-11-17-8-4-5-12-19(17)24)16-23-22(20-13-7-15-26-20)18-9-2-1-3-10-18/h1-5,7-10,12-13,15,22-23H,6,11,14,16H2/p+1/t22-/m0/s1. The molecule has 1 amide bonds. The zero-order chi connectivity index (χ0) is 17.8. The lowest BCUT2D eigenvalue weighted by Gasteiger charge is -2.29. The van der Waals surface area contributed by atoms with Crippen molar-refractivity contribution in [3.63, 3.8) is 0 Å². The summed E-state index contributed by atoms with van der Waals surface area (Å²) in [5.74, 6) is 0.189. The number of anilines is 1. The van der Waals surface area contributed by atoms with Gasteiger partial charge in [-0.3, -0.25) is 4.79 Å². The van der Waals surface area contributed by atoms with Gasteiger partial charge in [0.2, 0.25) is 0 Å². The maximum absolute atomic E-state index is 13.0. The van der Waals surface area contributed by atoms with E-state index in [1.54, 1.807) is 11.3 Å². The highest BCUT2D eigenvalue weighted by Crippen LogP contribution is 2.27. The minimum atomic E-state index is 0.167. The van der Waals surface area contributed by atoms with Gasteiger partial charge in [-0.05, 0) is 35.9 Å². The second kappa shape index (κ2) is 7.85. The summed E-state index contributed by atoms with van der Waals surface area (Å²) in [6.45, 7) is 1.27. The van der Waals surface area contributed by atoms with Gasteiger partial charge in [0.15, 0.2) is 6.54 Å². The first-order valence-electron chi connectivity index (χ1n) is 9.13. The number of thiophene rings is 1. The van der Waals surface area contributed by atoms with E-state index in [1.807, 2.05) is 17.0 Å². The fraction of sp³-hybridized carbons (Fsp3) is 0.227. The van der Waals surface area contributed by atoms with E-state index in [2.05, 4.69) is 65.3 Å². The Morgan fingerprint density at radius 3 is 2.65 bits per heavy atom. The Bertz CT molecular complexity index is 861. The number of quaternary nitrogens is 1. The third-order valence-electron chi connectivity index (χ3n) is 4.95. The number of benzene rings is 2. The van der Waals surface area contributed by atoms with E-state index in [9.17, 15) is 4.79 Å². The lowest BCUT2D eigenvalue weighted by molar-refractivity contribution is -0.676. The minimum absolute atomic E-state index is 0.167. The van der Waals surface area contributed by atoms with Crippen molar-refractivity contribution >= 4 is 22.9 Å². The highest BCUT2D eigenvalue weighted by molar-refractivity contribution is 7.10. The molecule has 4 rings (SSSR count). The maximum atomic E-state index is 13.0. The van der Waals surface area contributed by atoms with Gasteiger partial charge in [-0.25, -0.2) is 0 Å². The molecule has 0 spiro atoms. The van der Waals surface area contributed by atoms with Crippen molar-refractivity contribution in [3.05, 3.63) is 88.1 Å². The molecule has 4 heteroatoms. The van der Waals surface area contributed by atoms with Crippen molar-refractivity contribution < 1.29 is 10.1 Å². The first-order valence-corrected chi connectivity index (χ1v) is 10.0. The van der Waals surface area contributed by atoms with Crippen molar-refractivity contribution in [2.75, 3.05) is 18.0 Å². The summed E-state index contributed by atoms with van der Waals surface area (Å²) in [7, 11) is 0. The molecule has 0 aliphatic carbocycles. The number of aryl methyl sites for hydroxylation is 1. The van der Waals surface area contributed by atoms with Crippen molar-refractivity contribution in [2.24, 2.45) is 0 Å². The number of hydrogen-bond acceptors (Lipinski definition) is 2. The van der Waals surface area contributed by atoms with Gasteiger partial charge in [-0.2, -0.15) is 0 Å². The lowest BCUT2D eigenvalue weighted by atomic mass is 10.0. The first-order chi connectivity index (χ1) is 12.8. The average Bonchev–Trinajstić information content (AvgIpc) is 3.23. The number of hydrogen-bond donors (Lipinski definition) is 1. The maximum Gasteiger partial charge on any atom is 0.282 e. The predicted octanol–water partition coefficient (Wildman–Crippen LogP) is 3.38. The summed E-state index contributed by atoms with van der Waals surface area (Å²) in [6, 6.07) is 23.1. The summed E-state index contributed by atoms with van der Waals surface area (Å²) in [6.07, 6.45) is 2.10. The summed E-state index contributed by atoms with van der Waals surface area (Å²) in [5, 5.41) is 4.27. The van der Waals surface area contributed by atoms with Gasteiger partial charge < -0.3 is 10.2 Å². The van der Waals surface area contributed by atoms with Crippen LogP contribution in [0.2, 0.25) is 0 Å². The number of nitrogens with two attached hydrogens (primary N) is 1. The van der Waals surface area contributed by atoms with Crippen LogP contribution in [-0.4, -0.2) is 19.0 Å². The predicted molar refractivity (Wildman–Crippen MR) is 107 cm³/mol. The largest absolute Gasteiger partial charge is 0.328 e. The number of nitrogens with zero attached hydrogens (tertiary/aromatic N) is 1. The van der Waals surface area contributed by atoms with Crippen LogP contribution >= 0.6 is 11.3 Å². The fourth-order valence-corrected chi connectivity index (χ4v) is 4.52. The van der Waals surface area contributed by atoms with E-state index in [-0.39, 0.29) is 11.9 Å². The van der Waals surface area contributed by atoms with Crippen LogP contribution in [0.3, 0.4) is 0 Å². The molecule has 1 aliphatic rings. The van der Waals surface area contributed by atoms with Gasteiger partial charge in [0.25, 0.3) is 5.91 Å². The van der Waals surface area contributed by atoms with Gasteiger partial charge in [0, 0.05) is 17.8 Å². The van der Waals surface area contributed by atoms with Crippen LogP contribution in [0.5, 0.6) is 0 Å². The van der Waals surface area contributed by atoms with Gasteiger partial charge in [-0.1, -0.05) is 54.6 Å². The Morgan fingerprint density at radius 2 is 1.85 bits per heavy atom. The second-order valence-electron chi connectivity index (χ2n) is 6.62. The van der Waals surface area contributed by atoms with E-state index in [0.29, 0.717) is 6.54 Å². The third kappa shape index (κ3) is 3.57. The number of carbonyl (C=O) groups excluding carboxylic acids is 1. The lowest BCUT2D eigenvalue weighted by Crippen LogP contribution is -2.87. The van der Waals surface area contributed by atoms with Crippen molar-refractivity contribution in [1.29, 1.82) is 0 Å². The third-order valence-corrected chi connectivity index (χ3v) is 5.90. The highest BCUT2D eigenvalue weighted by Gasteiger charge is 2.25. The SMILES string of the molecule is O=C(C[NH2+][C@@H](c1ccccc1)c1cccs1)N1CCCc2ccccc21. The Morgan fingerprint density at radius 1 is 1.04 bits per heavy atom. The van der Waals surface area contributed by atoms with E-state index >= 15 is 0 Å². The van der Waals surface area contributed by atoms with E-state index in [0.717, 1.165) is 25.1 Å². The van der Waals surface area contributed by atoms with Crippen molar-refractivity contribution in [2.45, 2.75) is 18.9 Å². The molecule has 0 saturated heterocycles. The van der Waals surface area contributed by atoms with Crippen LogP contribution in [0.1, 0.15) is 28.5 Å². The zero-order valence-electron chi connectivity index (χ0n) is 14.7. The molecule has 0 fully saturated rings. The average molecular weight is 364 g/mol.